The van der Waals surface area contributed by atoms with Gasteiger partial charge in [-0.05, 0) is 6.92 Å². The van der Waals surface area contributed by atoms with Crippen LogP contribution in [0.25, 0.3) is 0 Å². The highest BCUT2D eigenvalue weighted by atomic mass is 16.5. The van der Waals surface area contributed by atoms with Crippen LogP contribution in [0.15, 0.2) is 4.52 Å². The first-order valence-electron chi connectivity index (χ1n) is 6.05. The molecule has 2 rings (SSSR count). The third kappa shape index (κ3) is 3.11. The molecule has 108 valence electrons. The molecular formula is C11H14N4O5. The summed E-state index contributed by atoms with van der Waals surface area (Å²) in [5.74, 6) is -1.17. The molecule has 0 aromatic carbocycles. The largest absolute Gasteiger partial charge is 0.480 e. The minimum Gasteiger partial charge on any atom is -0.480 e. The number of carboxylic acid groups (broad SMARTS) is 1. The van der Waals surface area contributed by atoms with Crippen molar-refractivity contribution in [3.63, 3.8) is 0 Å². The molecule has 9 nitrogen and oxygen atoms in total. The van der Waals surface area contributed by atoms with E-state index >= 15 is 0 Å². The van der Waals surface area contributed by atoms with Crippen LogP contribution >= 0.6 is 0 Å². The number of nitrogens with zero attached hydrogens (tertiary/aromatic N) is 3. The molecule has 0 saturated carbocycles. The Balaban J connectivity index is 1.98. The Labute approximate surface area is 113 Å². The number of nitrogens with one attached hydrogen (secondary N) is 1. The quantitative estimate of drug-likeness (QED) is 0.704. The average molecular weight is 282 g/mol. The number of hydrogen-bond donors (Lipinski definition) is 2. The van der Waals surface area contributed by atoms with Crippen LogP contribution in [0.4, 0.5) is 0 Å². The number of piperazine rings is 1. The Morgan fingerprint density at radius 1 is 1.55 bits per heavy atom. The van der Waals surface area contributed by atoms with Crippen LogP contribution in [-0.2, 0) is 20.8 Å². The number of carboxylic acids is 1. The van der Waals surface area contributed by atoms with Gasteiger partial charge in [0.25, 0.3) is 0 Å². The molecule has 1 atom stereocenters. The molecule has 0 spiro atoms. The van der Waals surface area contributed by atoms with Crippen molar-refractivity contribution in [1.29, 1.82) is 0 Å². The first-order valence-corrected chi connectivity index (χ1v) is 6.05. The number of aliphatic carboxylic acids is 1. The van der Waals surface area contributed by atoms with E-state index in [4.69, 9.17) is 9.63 Å². The van der Waals surface area contributed by atoms with Crippen molar-refractivity contribution in [3.8, 4) is 0 Å². The molecule has 1 saturated heterocycles. The van der Waals surface area contributed by atoms with E-state index in [0.717, 1.165) is 4.90 Å². The smallest absolute Gasteiger partial charge is 0.328 e. The molecule has 1 unspecified atom stereocenters. The van der Waals surface area contributed by atoms with Crippen molar-refractivity contribution in [1.82, 2.24) is 20.4 Å². The first kappa shape index (κ1) is 14.0. The molecule has 0 aliphatic carbocycles. The maximum atomic E-state index is 12.0. The number of aryl methyl sites for hydroxylation is 2. The monoisotopic (exact) mass is 282 g/mol. The van der Waals surface area contributed by atoms with E-state index in [0.29, 0.717) is 11.7 Å². The van der Waals surface area contributed by atoms with Crippen LogP contribution in [0.3, 0.4) is 0 Å². The molecule has 1 aromatic heterocycles. The molecular weight excluding hydrogens is 268 g/mol. The number of hydrogen-bond acceptors (Lipinski definition) is 6. The fourth-order valence-electron chi connectivity index (χ4n) is 1.92. The van der Waals surface area contributed by atoms with E-state index in [1.807, 2.05) is 0 Å². The lowest BCUT2D eigenvalue weighted by Gasteiger charge is -2.32. The van der Waals surface area contributed by atoms with Crippen LogP contribution in [0.1, 0.15) is 18.1 Å². The van der Waals surface area contributed by atoms with Gasteiger partial charge in [-0.25, -0.2) is 4.79 Å². The average Bonchev–Trinajstić information content (AvgIpc) is 2.81. The fraction of sp³-hybridized carbons (Fsp3) is 0.545. The minimum absolute atomic E-state index is 0.0126. The van der Waals surface area contributed by atoms with Gasteiger partial charge in [0, 0.05) is 19.4 Å². The Morgan fingerprint density at radius 2 is 2.30 bits per heavy atom. The van der Waals surface area contributed by atoms with Crippen molar-refractivity contribution < 1.29 is 24.0 Å². The standard InChI is InChI=1S/C11H14N4O5/c1-6-13-9(20-14-6)2-3-10(17)15-5-8(16)12-4-7(15)11(18)19/h7H,2-5H2,1H3,(H,12,16)(H,18,19). The molecule has 1 fully saturated rings. The highest BCUT2D eigenvalue weighted by molar-refractivity contribution is 5.91. The van der Waals surface area contributed by atoms with Crippen molar-refractivity contribution >= 4 is 17.8 Å². The van der Waals surface area contributed by atoms with Crippen molar-refractivity contribution in [2.75, 3.05) is 13.1 Å². The third-order valence-corrected chi connectivity index (χ3v) is 2.91. The van der Waals surface area contributed by atoms with E-state index in [-0.39, 0.29) is 31.8 Å². The van der Waals surface area contributed by atoms with Crippen molar-refractivity contribution in [2.24, 2.45) is 0 Å². The van der Waals surface area contributed by atoms with E-state index in [9.17, 15) is 14.4 Å². The lowest BCUT2D eigenvalue weighted by atomic mass is 10.1. The lowest BCUT2D eigenvalue weighted by molar-refractivity contribution is -0.154. The van der Waals surface area contributed by atoms with Gasteiger partial charge in [-0.15, -0.1) is 0 Å². The number of carbonyl (C=O) groups excluding carboxylic acids is 2. The molecule has 20 heavy (non-hydrogen) atoms. The number of rotatable bonds is 4. The van der Waals surface area contributed by atoms with Crippen LogP contribution in [0.2, 0.25) is 0 Å². The van der Waals surface area contributed by atoms with E-state index in [1.165, 1.54) is 0 Å². The summed E-state index contributed by atoms with van der Waals surface area (Å²) in [6, 6.07) is -1.04. The maximum Gasteiger partial charge on any atom is 0.328 e. The van der Waals surface area contributed by atoms with Gasteiger partial charge in [0.05, 0.1) is 0 Å². The summed E-state index contributed by atoms with van der Waals surface area (Å²) in [4.78, 5) is 39.4. The summed E-state index contributed by atoms with van der Waals surface area (Å²) in [6.45, 7) is 1.32. The zero-order chi connectivity index (χ0) is 14.7. The highest BCUT2D eigenvalue weighted by Crippen LogP contribution is 2.09. The Kier molecular flexibility index (Phi) is 3.97. The van der Waals surface area contributed by atoms with Crippen molar-refractivity contribution in [2.45, 2.75) is 25.8 Å². The predicted molar refractivity (Wildman–Crippen MR) is 63.5 cm³/mol. The Bertz CT molecular complexity index is 541. The van der Waals surface area contributed by atoms with Gasteiger partial charge < -0.3 is 19.8 Å². The molecule has 0 radical (unpaired) electrons. The molecule has 1 aromatic rings. The zero-order valence-electron chi connectivity index (χ0n) is 10.8. The van der Waals surface area contributed by atoms with Crippen LogP contribution < -0.4 is 5.32 Å². The van der Waals surface area contributed by atoms with E-state index in [2.05, 4.69) is 15.5 Å². The van der Waals surface area contributed by atoms with Gasteiger partial charge >= 0.3 is 5.97 Å². The summed E-state index contributed by atoms with van der Waals surface area (Å²) in [6.07, 6.45) is 0.225. The normalized spacial score (nSPS) is 18.8. The van der Waals surface area contributed by atoms with Gasteiger partial charge in [0.2, 0.25) is 17.7 Å². The molecule has 2 amide bonds. The predicted octanol–water partition coefficient (Wildman–Crippen LogP) is -1.28. The van der Waals surface area contributed by atoms with Gasteiger partial charge in [-0.3, -0.25) is 9.59 Å². The molecule has 2 N–H and O–H groups in total. The molecule has 1 aliphatic rings. The second-order valence-electron chi connectivity index (χ2n) is 4.42. The summed E-state index contributed by atoms with van der Waals surface area (Å²) < 4.78 is 4.87. The molecule has 1 aliphatic heterocycles. The number of aromatic nitrogens is 2. The van der Waals surface area contributed by atoms with Crippen LogP contribution in [0.5, 0.6) is 0 Å². The minimum atomic E-state index is -1.15. The van der Waals surface area contributed by atoms with Gasteiger partial charge in [0.15, 0.2) is 5.82 Å². The topological polar surface area (TPSA) is 126 Å². The number of amides is 2. The summed E-state index contributed by atoms with van der Waals surface area (Å²) in [5.41, 5.74) is 0. The maximum absolute atomic E-state index is 12.0. The second kappa shape index (κ2) is 5.68. The Morgan fingerprint density at radius 3 is 2.90 bits per heavy atom. The molecule has 0 bridgehead atoms. The fourth-order valence-corrected chi connectivity index (χ4v) is 1.92. The van der Waals surface area contributed by atoms with E-state index in [1.54, 1.807) is 6.92 Å². The highest BCUT2D eigenvalue weighted by Gasteiger charge is 2.34. The first-order chi connectivity index (χ1) is 9.47. The number of carbonyl (C=O) groups is 3. The summed E-state index contributed by atoms with van der Waals surface area (Å²) in [5, 5.41) is 15.1. The SMILES string of the molecule is Cc1noc(CCC(=O)N2CC(=O)NCC2C(=O)O)n1. The van der Waals surface area contributed by atoms with Gasteiger partial charge in [0.1, 0.15) is 12.6 Å². The van der Waals surface area contributed by atoms with Crippen LogP contribution in [-0.4, -0.2) is 57.1 Å². The van der Waals surface area contributed by atoms with Crippen molar-refractivity contribution in [3.05, 3.63) is 11.7 Å². The summed E-state index contributed by atoms with van der Waals surface area (Å²) >= 11 is 0. The van der Waals surface area contributed by atoms with E-state index < -0.39 is 17.9 Å². The zero-order valence-corrected chi connectivity index (χ0v) is 10.8. The third-order valence-electron chi connectivity index (χ3n) is 2.91. The van der Waals surface area contributed by atoms with Gasteiger partial charge in [-0.2, -0.15) is 4.98 Å². The lowest BCUT2D eigenvalue weighted by Crippen LogP contribution is -2.59. The molecule has 2 heterocycles. The van der Waals surface area contributed by atoms with Crippen LogP contribution in [0, 0.1) is 6.92 Å². The Hall–Kier alpha value is -2.45. The van der Waals surface area contributed by atoms with Gasteiger partial charge in [-0.1, -0.05) is 5.16 Å². The second-order valence-corrected chi connectivity index (χ2v) is 4.42. The molecule has 9 heteroatoms. The summed E-state index contributed by atoms with van der Waals surface area (Å²) in [7, 11) is 0.